The number of nitrogens with two attached hydrogens (primary N) is 1. The van der Waals surface area contributed by atoms with Crippen molar-refractivity contribution in [2.75, 3.05) is 0 Å². The highest BCUT2D eigenvalue weighted by atomic mass is 16.6. The van der Waals surface area contributed by atoms with Gasteiger partial charge in [0.1, 0.15) is 5.60 Å². The van der Waals surface area contributed by atoms with Crippen LogP contribution in [0, 0.1) is 0 Å². The second-order valence-electron chi connectivity index (χ2n) is 6.14. The molecule has 3 N–H and O–H groups in total. The van der Waals surface area contributed by atoms with Gasteiger partial charge in [-0.25, -0.2) is 9.48 Å². The molecule has 1 heterocycles. The summed E-state index contributed by atoms with van der Waals surface area (Å²) in [6.07, 6.45) is 4.40. The fourth-order valence-corrected chi connectivity index (χ4v) is 2.45. The van der Waals surface area contributed by atoms with Crippen LogP contribution in [0.4, 0.5) is 4.79 Å². The van der Waals surface area contributed by atoms with E-state index >= 15 is 0 Å². The molecule has 1 aromatic rings. The minimum Gasteiger partial charge on any atom is -0.444 e. The van der Waals surface area contributed by atoms with E-state index in [4.69, 9.17) is 10.5 Å². The molecule has 7 heteroatoms. The van der Waals surface area contributed by atoms with Crippen LogP contribution in [0.5, 0.6) is 0 Å². The summed E-state index contributed by atoms with van der Waals surface area (Å²) in [5, 5.41) is 11.0. The van der Waals surface area contributed by atoms with Crippen molar-refractivity contribution in [2.45, 2.75) is 64.3 Å². The molecule has 1 aromatic heterocycles. The van der Waals surface area contributed by atoms with Crippen molar-refractivity contribution in [3.63, 3.8) is 0 Å². The highest BCUT2D eigenvalue weighted by molar-refractivity contribution is 5.68. The second-order valence-corrected chi connectivity index (χ2v) is 6.14. The number of nitrogens with one attached hydrogen (secondary N) is 1. The van der Waals surface area contributed by atoms with Gasteiger partial charge < -0.3 is 15.8 Å². The Labute approximate surface area is 118 Å². The van der Waals surface area contributed by atoms with Crippen LogP contribution in [0.15, 0.2) is 6.20 Å². The SMILES string of the molecule is CC(C)(C)OC(=O)N[C@@H]1CCC[C@@H]1n1cc(CN)nn1. The summed E-state index contributed by atoms with van der Waals surface area (Å²) in [6, 6.07) is 0.146. The summed E-state index contributed by atoms with van der Waals surface area (Å²) >= 11 is 0. The van der Waals surface area contributed by atoms with Crippen molar-refractivity contribution in [1.82, 2.24) is 20.3 Å². The van der Waals surface area contributed by atoms with E-state index in [0.29, 0.717) is 6.54 Å². The molecule has 20 heavy (non-hydrogen) atoms. The highest BCUT2D eigenvalue weighted by Gasteiger charge is 2.32. The molecule has 7 nitrogen and oxygen atoms in total. The topological polar surface area (TPSA) is 95.1 Å². The lowest BCUT2D eigenvalue weighted by Gasteiger charge is -2.24. The third-order valence-corrected chi connectivity index (χ3v) is 3.29. The lowest BCUT2D eigenvalue weighted by atomic mass is 10.2. The van der Waals surface area contributed by atoms with E-state index in [2.05, 4.69) is 15.6 Å². The second kappa shape index (κ2) is 5.78. The molecule has 0 bridgehead atoms. The molecule has 0 spiro atoms. The van der Waals surface area contributed by atoms with Crippen molar-refractivity contribution < 1.29 is 9.53 Å². The van der Waals surface area contributed by atoms with Gasteiger partial charge in [0, 0.05) is 6.54 Å². The quantitative estimate of drug-likeness (QED) is 0.872. The maximum Gasteiger partial charge on any atom is 0.407 e. The van der Waals surface area contributed by atoms with Crippen LogP contribution in [0.2, 0.25) is 0 Å². The fraction of sp³-hybridized carbons (Fsp3) is 0.769. The number of hydrogen-bond acceptors (Lipinski definition) is 5. The van der Waals surface area contributed by atoms with Crippen LogP contribution >= 0.6 is 0 Å². The molecular formula is C13H23N5O2. The number of rotatable bonds is 3. The van der Waals surface area contributed by atoms with E-state index in [1.54, 1.807) is 4.68 Å². The first kappa shape index (κ1) is 14.8. The van der Waals surface area contributed by atoms with E-state index in [1.165, 1.54) is 0 Å². The lowest BCUT2D eigenvalue weighted by molar-refractivity contribution is 0.0493. The molecule has 0 aromatic carbocycles. The Morgan fingerprint density at radius 2 is 2.30 bits per heavy atom. The number of carbonyl (C=O) groups is 1. The van der Waals surface area contributed by atoms with Crippen molar-refractivity contribution in [1.29, 1.82) is 0 Å². The van der Waals surface area contributed by atoms with E-state index in [0.717, 1.165) is 25.0 Å². The monoisotopic (exact) mass is 281 g/mol. The number of hydrogen-bond donors (Lipinski definition) is 2. The Morgan fingerprint density at radius 1 is 1.55 bits per heavy atom. The van der Waals surface area contributed by atoms with Crippen LogP contribution in [0.25, 0.3) is 0 Å². The number of alkyl carbamates (subject to hydrolysis) is 1. The van der Waals surface area contributed by atoms with Crippen molar-refractivity contribution in [3.8, 4) is 0 Å². The van der Waals surface area contributed by atoms with Crippen LogP contribution in [-0.2, 0) is 11.3 Å². The van der Waals surface area contributed by atoms with Gasteiger partial charge in [0.25, 0.3) is 0 Å². The zero-order valence-corrected chi connectivity index (χ0v) is 12.3. The molecule has 2 rings (SSSR count). The van der Waals surface area contributed by atoms with E-state index in [9.17, 15) is 4.79 Å². The summed E-state index contributed by atoms with van der Waals surface area (Å²) in [5.41, 5.74) is 5.81. The Kier molecular flexibility index (Phi) is 4.27. The van der Waals surface area contributed by atoms with Crippen LogP contribution in [0.3, 0.4) is 0 Å². The summed E-state index contributed by atoms with van der Waals surface area (Å²) in [5.74, 6) is 0. The smallest absolute Gasteiger partial charge is 0.407 e. The Bertz CT molecular complexity index is 466. The Morgan fingerprint density at radius 3 is 2.90 bits per heavy atom. The largest absolute Gasteiger partial charge is 0.444 e. The van der Waals surface area contributed by atoms with Crippen LogP contribution in [0.1, 0.15) is 51.8 Å². The van der Waals surface area contributed by atoms with Gasteiger partial charge in [0.15, 0.2) is 0 Å². The van der Waals surface area contributed by atoms with E-state index in [-0.39, 0.29) is 18.2 Å². The van der Waals surface area contributed by atoms with Gasteiger partial charge in [-0.2, -0.15) is 0 Å². The van der Waals surface area contributed by atoms with Crippen molar-refractivity contribution in [2.24, 2.45) is 5.73 Å². The third kappa shape index (κ3) is 3.69. The van der Waals surface area contributed by atoms with Gasteiger partial charge in [-0.15, -0.1) is 5.10 Å². The number of ether oxygens (including phenoxy) is 1. The summed E-state index contributed by atoms with van der Waals surface area (Å²) in [6.45, 7) is 5.92. The number of carbonyl (C=O) groups excluding carboxylic acids is 1. The van der Waals surface area contributed by atoms with Crippen molar-refractivity contribution >= 4 is 6.09 Å². The van der Waals surface area contributed by atoms with Crippen molar-refractivity contribution in [3.05, 3.63) is 11.9 Å². The number of amides is 1. The zero-order valence-electron chi connectivity index (χ0n) is 12.3. The Hall–Kier alpha value is -1.63. The zero-order chi connectivity index (χ0) is 14.8. The van der Waals surface area contributed by atoms with Crippen LogP contribution < -0.4 is 11.1 Å². The summed E-state index contributed by atoms with van der Waals surface area (Å²) in [4.78, 5) is 11.9. The minimum atomic E-state index is -0.488. The molecule has 1 fully saturated rings. The predicted octanol–water partition coefficient (Wildman–Crippen LogP) is 1.36. The first-order valence-electron chi connectivity index (χ1n) is 6.99. The van der Waals surface area contributed by atoms with Gasteiger partial charge in [0.05, 0.1) is 24.0 Å². The molecule has 2 atom stereocenters. The standard InChI is InChI=1S/C13H23N5O2/c1-13(2,3)20-12(19)15-10-5-4-6-11(10)18-8-9(7-14)16-17-18/h8,10-11H,4-7,14H2,1-3H3,(H,15,19)/t10-,11+/m1/s1. The molecule has 1 aliphatic rings. The summed E-state index contributed by atoms with van der Waals surface area (Å²) in [7, 11) is 0. The van der Waals surface area contributed by atoms with E-state index in [1.807, 2.05) is 27.0 Å². The van der Waals surface area contributed by atoms with Crippen LogP contribution in [-0.4, -0.2) is 32.7 Å². The molecule has 112 valence electrons. The molecular weight excluding hydrogens is 258 g/mol. The fourth-order valence-electron chi connectivity index (χ4n) is 2.45. The van der Waals surface area contributed by atoms with Gasteiger partial charge in [-0.05, 0) is 40.0 Å². The minimum absolute atomic E-state index is 0.0252. The predicted molar refractivity (Wildman–Crippen MR) is 74.0 cm³/mol. The maximum atomic E-state index is 11.9. The molecule has 0 radical (unpaired) electrons. The highest BCUT2D eigenvalue weighted by Crippen LogP contribution is 2.29. The molecule has 0 aliphatic heterocycles. The maximum absolute atomic E-state index is 11.9. The number of nitrogens with zero attached hydrogens (tertiary/aromatic N) is 3. The molecule has 1 saturated carbocycles. The van der Waals surface area contributed by atoms with E-state index < -0.39 is 5.60 Å². The Balaban J connectivity index is 1.98. The first-order valence-corrected chi connectivity index (χ1v) is 6.99. The lowest BCUT2D eigenvalue weighted by Crippen LogP contribution is -2.41. The van der Waals surface area contributed by atoms with Gasteiger partial charge in [0.2, 0.25) is 0 Å². The molecule has 0 unspecified atom stereocenters. The molecule has 1 aliphatic carbocycles. The average Bonchev–Trinajstić information content (AvgIpc) is 2.93. The average molecular weight is 281 g/mol. The third-order valence-electron chi connectivity index (χ3n) is 3.29. The summed E-state index contributed by atoms with van der Waals surface area (Å²) < 4.78 is 7.10. The van der Waals surface area contributed by atoms with Gasteiger partial charge >= 0.3 is 6.09 Å². The first-order chi connectivity index (χ1) is 9.39. The van der Waals surface area contributed by atoms with Gasteiger partial charge in [-0.1, -0.05) is 5.21 Å². The molecule has 1 amide bonds. The normalized spacial score (nSPS) is 22.8. The molecule has 0 saturated heterocycles. The number of aromatic nitrogens is 3. The van der Waals surface area contributed by atoms with Gasteiger partial charge in [-0.3, -0.25) is 0 Å².